The lowest BCUT2D eigenvalue weighted by Gasteiger charge is -2.50. The SMILES string of the molecule is CO[C@@H]1[C@H](N(C)C(=O)c2ccccc2)C[C@H]2O[C@]1(C)n1c3ccccc3c3c4c(c5c6ccccc6n2c5c31)C(=O)NC4=O. The molecule has 218 valence electrons. The van der Waals surface area contributed by atoms with Gasteiger partial charge in [-0.1, -0.05) is 54.6 Å². The topological polar surface area (TPSA) is 94.8 Å². The minimum atomic E-state index is -1.10. The van der Waals surface area contributed by atoms with E-state index in [1.807, 2.05) is 92.8 Å². The number of ether oxygens (including phenoxy) is 2. The van der Waals surface area contributed by atoms with Gasteiger partial charge < -0.3 is 23.5 Å². The monoisotopic (exact) mass is 584 g/mol. The third-order valence-electron chi connectivity index (χ3n) is 9.96. The molecule has 1 fully saturated rings. The van der Waals surface area contributed by atoms with Gasteiger partial charge in [-0.2, -0.15) is 0 Å². The Morgan fingerprint density at radius 3 is 2.16 bits per heavy atom. The van der Waals surface area contributed by atoms with Gasteiger partial charge in [-0.3, -0.25) is 19.7 Å². The summed E-state index contributed by atoms with van der Waals surface area (Å²) in [7, 11) is 3.48. The van der Waals surface area contributed by atoms with Crippen LogP contribution in [-0.2, 0) is 15.2 Å². The number of likely N-dealkylation sites (N-methyl/N-ethyl adjacent to an activating group) is 1. The van der Waals surface area contributed by atoms with E-state index in [9.17, 15) is 14.4 Å². The number of hydrogen-bond acceptors (Lipinski definition) is 5. The normalized spacial score (nSPS) is 23.9. The lowest BCUT2D eigenvalue weighted by molar-refractivity contribution is -0.264. The molecule has 6 aromatic rings. The Morgan fingerprint density at radius 1 is 0.886 bits per heavy atom. The van der Waals surface area contributed by atoms with Crippen molar-refractivity contribution in [2.45, 2.75) is 37.4 Å². The number of fused-ring (bicyclic) bond motifs is 13. The smallest absolute Gasteiger partial charge is 0.259 e. The molecule has 4 atom stereocenters. The minimum Gasteiger partial charge on any atom is -0.374 e. The van der Waals surface area contributed by atoms with Crippen LogP contribution in [0.3, 0.4) is 0 Å². The molecule has 1 N–H and O–H groups in total. The Morgan fingerprint density at radius 2 is 1.48 bits per heavy atom. The highest BCUT2D eigenvalue weighted by molar-refractivity contribution is 6.39. The summed E-state index contributed by atoms with van der Waals surface area (Å²) < 4.78 is 17.8. The van der Waals surface area contributed by atoms with Gasteiger partial charge in [0, 0.05) is 47.7 Å². The largest absolute Gasteiger partial charge is 0.374 e. The summed E-state index contributed by atoms with van der Waals surface area (Å²) in [5, 5.41) is 5.74. The standard InChI is InChI=1S/C35H28N4O5/c1-35-31(43-3)23(37(2)34(42)18-11-5-4-6-12-18)17-24(44-35)38-21-15-9-7-13-19(21)25-27-28(33(41)36-32(27)40)26-20-14-8-10-16-22(20)39(35)30(26)29(25)38/h4-16,23-24,31H,17H2,1-3H3,(H,36,40,41)/t23-,24-,31-,35+/m1/s1. The van der Waals surface area contributed by atoms with Crippen molar-refractivity contribution in [3.8, 4) is 0 Å². The molecule has 3 amide bonds. The second-order valence-electron chi connectivity index (χ2n) is 12.1. The fourth-order valence-corrected chi connectivity index (χ4v) is 8.25. The molecule has 9 nitrogen and oxygen atoms in total. The maximum absolute atomic E-state index is 13.9. The molecule has 0 unspecified atom stereocenters. The van der Waals surface area contributed by atoms with Crippen LogP contribution in [0.15, 0.2) is 78.9 Å². The van der Waals surface area contributed by atoms with Crippen molar-refractivity contribution in [1.82, 2.24) is 19.4 Å². The Kier molecular flexibility index (Phi) is 4.96. The van der Waals surface area contributed by atoms with Crippen LogP contribution >= 0.6 is 0 Å². The van der Waals surface area contributed by atoms with E-state index in [4.69, 9.17) is 9.47 Å². The number of aromatic nitrogens is 2. The number of imide groups is 1. The van der Waals surface area contributed by atoms with Crippen LogP contribution in [-0.4, -0.2) is 58.1 Å². The van der Waals surface area contributed by atoms with E-state index >= 15 is 0 Å². The molecule has 1 saturated heterocycles. The summed E-state index contributed by atoms with van der Waals surface area (Å²) in [5.74, 6) is -0.908. The minimum absolute atomic E-state index is 0.108. The molecule has 0 saturated carbocycles. The van der Waals surface area contributed by atoms with Crippen LogP contribution in [0.4, 0.5) is 0 Å². The first-order valence-corrected chi connectivity index (χ1v) is 14.8. The van der Waals surface area contributed by atoms with E-state index in [-0.39, 0.29) is 11.9 Å². The number of para-hydroxylation sites is 2. The highest BCUT2D eigenvalue weighted by Gasteiger charge is 2.55. The molecule has 5 heterocycles. The van der Waals surface area contributed by atoms with Crippen LogP contribution in [0, 0.1) is 0 Å². The van der Waals surface area contributed by atoms with Gasteiger partial charge in [-0.25, -0.2) is 0 Å². The van der Waals surface area contributed by atoms with Crippen LogP contribution in [0.25, 0.3) is 43.6 Å². The van der Waals surface area contributed by atoms with Crippen molar-refractivity contribution < 1.29 is 23.9 Å². The number of hydrogen-bond donors (Lipinski definition) is 1. The zero-order valence-electron chi connectivity index (χ0n) is 24.3. The van der Waals surface area contributed by atoms with Crippen molar-refractivity contribution in [3.05, 3.63) is 95.6 Å². The lowest BCUT2D eigenvalue weighted by Crippen LogP contribution is -2.61. The molecule has 44 heavy (non-hydrogen) atoms. The van der Waals surface area contributed by atoms with Gasteiger partial charge in [-0.15, -0.1) is 0 Å². The number of nitrogens with one attached hydrogen (secondary N) is 1. The predicted octanol–water partition coefficient (Wildman–Crippen LogP) is 5.55. The third-order valence-corrected chi connectivity index (χ3v) is 9.96. The zero-order valence-corrected chi connectivity index (χ0v) is 24.3. The maximum Gasteiger partial charge on any atom is 0.259 e. The van der Waals surface area contributed by atoms with Crippen LogP contribution < -0.4 is 5.32 Å². The fourth-order valence-electron chi connectivity index (χ4n) is 8.25. The van der Waals surface area contributed by atoms with Crippen molar-refractivity contribution in [1.29, 1.82) is 0 Å². The van der Waals surface area contributed by atoms with E-state index < -0.39 is 29.9 Å². The summed E-state index contributed by atoms with van der Waals surface area (Å²) >= 11 is 0. The average Bonchev–Trinajstić information content (AvgIpc) is 3.65. The first kappa shape index (κ1) is 25.5. The molecular formula is C35H28N4O5. The van der Waals surface area contributed by atoms with Gasteiger partial charge in [0.1, 0.15) is 12.3 Å². The molecule has 3 aliphatic heterocycles. The molecule has 0 spiro atoms. The van der Waals surface area contributed by atoms with E-state index in [0.717, 1.165) is 38.2 Å². The van der Waals surface area contributed by atoms with E-state index in [1.54, 1.807) is 12.0 Å². The Labute approximate surface area is 251 Å². The van der Waals surface area contributed by atoms with Crippen molar-refractivity contribution in [2.75, 3.05) is 14.2 Å². The molecule has 0 radical (unpaired) electrons. The highest BCUT2D eigenvalue weighted by Crippen LogP contribution is 2.54. The Hall–Kier alpha value is -4.99. The second kappa shape index (κ2) is 8.56. The Balaban J connectivity index is 1.44. The molecule has 0 aliphatic carbocycles. The summed E-state index contributed by atoms with van der Waals surface area (Å²) in [6, 6.07) is 24.7. The number of methoxy groups -OCH3 is 1. The fraction of sp³-hybridized carbons (Fsp3) is 0.229. The van der Waals surface area contributed by atoms with Crippen molar-refractivity contribution >= 4 is 61.3 Å². The molecular weight excluding hydrogens is 556 g/mol. The molecule has 9 rings (SSSR count). The number of carbonyl (C=O) groups excluding carboxylic acids is 3. The molecule has 2 aromatic heterocycles. The van der Waals surface area contributed by atoms with Gasteiger partial charge in [0.25, 0.3) is 17.7 Å². The van der Waals surface area contributed by atoms with Crippen molar-refractivity contribution in [2.24, 2.45) is 0 Å². The summed E-state index contributed by atoms with van der Waals surface area (Å²) in [4.78, 5) is 42.7. The van der Waals surface area contributed by atoms with Gasteiger partial charge in [0.2, 0.25) is 0 Å². The van der Waals surface area contributed by atoms with E-state index in [1.165, 1.54) is 0 Å². The first-order valence-electron chi connectivity index (χ1n) is 14.8. The van der Waals surface area contributed by atoms with Gasteiger partial charge in [-0.05, 0) is 31.2 Å². The van der Waals surface area contributed by atoms with Gasteiger partial charge in [0.15, 0.2) is 5.72 Å². The zero-order chi connectivity index (χ0) is 30.1. The summed E-state index contributed by atoms with van der Waals surface area (Å²) in [6.07, 6.45) is -0.640. The first-order chi connectivity index (χ1) is 21.3. The van der Waals surface area contributed by atoms with Crippen LogP contribution in [0.2, 0.25) is 0 Å². The lowest BCUT2D eigenvalue weighted by atomic mass is 9.91. The quantitative estimate of drug-likeness (QED) is 0.276. The second-order valence-corrected chi connectivity index (χ2v) is 12.1. The maximum atomic E-state index is 13.9. The van der Waals surface area contributed by atoms with E-state index in [0.29, 0.717) is 28.5 Å². The molecule has 9 heteroatoms. The molecule has 4 aromatic carbocycles. The highest BCUT2D eigenvalue weighted by atomic mass is 16.6. The van der Waals surface area contributed by atoms with Gasteiger partial charge >= 0.3 is 0 Å². The number of benzene rings is 4. The summed E-state index contributed by atoms with van der Waals surface area (Å²) in [6.45, 7) is 2.01. The molecule has 3 aliphatic rings. The van der Waals surface area contributed by atoms with Gasteiger partial charge in [0.05, 0.1) is 39.2 Å². The number of amides is 3. The van der Waals surface area contributed by atoms with Crippen LogP contribution in [0.1, 0.15) is 50.6 Å². The Bertz CT molecular complexity index is 2270. The van der Waals surface area contributed by atoms with E-state index in [2.05, 4.69) is 14.5 Å². The average molecular weight is 585 g/mol. The number of nitrogens with zero attached hydrogens (tertiary/aromatic N) is 3. The van der Waals surface area contributed by atoms with Crippen LogP contribution in [0.5, 0.6) is 0 Å². The third kappa shape index (κ3) is 2.93. The van der Waals surface area contributed by atoms with Crippen molar-refractivity contribution in [3.63, 3.8) is 0 Å². The predicted molar refractivity (Wildman–Crippen MR) is 166 cm³/mol. The molecule has 2 bridgehead atoms. The number of rotatable bonds is 3. The summed E-state index contributed by atoms with van der Waals surface area (Å²) in [5.41, 5.74) is 3.66. The number of carbonyl (C=O) groups is 3.